The Morgan fingerprint density at radius 3 is 2.32 bits per heavy atom. The lowest BCUT2D eigenvalue weighted by Crippen LogP contribution is -2.49. The Kier molecular flexibility index (Phi) is 3.93. The molecule has 0 radical (unpaired) electrons. The van der Waals surface area contributed by atoms with Gasteiger partial charge in [-0.15, -0.1) is 0 Å². The molecule has 0 spiro atoms. The van der Waals surface area contributed by atoms with E-state index in [1.807, 2.05) is 0 Å². The lowest BCUT2D eigenvalue weighted by Gasteiger charge is -2.36. The van der Waals surface area contributed by atoms with Gasteiger partial charge in [-0.25, -0.2) is 9.97 Å². The molecule has 0 atom stereocenters. The van der Waals surface area contributed by atoms with Crippen molar-refractivity contribution in [2.75, 3.05) is 31.1 Å². The first kappa shape index (κ1) is 14.0. The summed E-state index contributed by atoms with van der Waals surface area (Å²) in [6, 6.07) is 1.35. The van der Waals surface area contributed by atoms with Gasteiger partial charge in [-0.1, -0.05) is 0 Å². The van der Waals surface area contributed by atoms with Gasteiger partial charge in [0.05, 0.1) is 0 Å². The highest BCUT2D eigenvalue weighted by Gasteiger charge is 2.33. The highest BCUT2D eigenvalue weighted by atomic mass is 19.4. The lowest BCUT2D eigenvalue weighted by atomic mass is 10.2. The number of hydrogen-bond acceptors (Lipinski definition) is 4. The lowest BCUT2D eigenvalue weighted by molar-refractivity contribution is -0.141. The Labute approximate surface area is 110 Å². The maximum atomic E-state index is 12.6. The largest absolute Gasteiger partial charge is 0.433 e. The van der Waals surface area contributed by atoms with Crippen LogP contribution in [0.2, 0.25) is 0 Å². The third-order valence-electron chi connectivity index (χ3n) is 3.26. The van der Waals surface area contributed by atoms with Crippen LogP contribution in [0.1, 0.15) is 19.5 Å². The molecule has 0 aliphatic carbocycles. The summed E-state index contributed by atoms with van der Waals surface area (Å²) in [6.45, 7) is 7.15. The van der Waals surface area contributed by atoms with Crippen molar-refractivity contribution in [2.45, 2.75) is 26.1 Å². The minimum atomic E-state index is -4.42. The van der Waals surface area contributed by atoms with Crippen molar-refractivity contribution in [3.63, 3.8) is 0 Å². The number of rotatable bonds is 2. The van der Waals surface area contributed by atoms with Gasteiger partial charge in [-0.05, 0) is 19.9 Å². The van der Waals surface area contributed by atoms with Crippen LogP contribution in [-0.2, 0) is 6.18 Å². The van der Waals surface area contributed by atoms with Gasteiger partial charge in [0.15, 0.2) is 0 Å². The minimum Gasteiger partial charge on any atom is -0.338 e. The Morgan fingerprint density at radius 1 is 1.16 bits per heavy atom. The fraction of sp³-hybridized carbons (Fsp3) is 0.667. The van der Waals surface area contributed by atoms with Gasteiger partial charge in [0.25, 0.3) is 0 Å². The molecule has 2 heterocycles. The van der Waals surface area contributed by atoms with Crippen LogP contribution in [-0.4, -0.2) is 47.1 Å². The van der Waals surface area contributed by atoms with Crippen LogP contribution in [0.4, 0.5) is 19.1 Å². The summed E-state index contributed by atoms with van der Waals surface area (Å²) < 4.78 is 37.8. The number of alkyl halides is 3. The molecule has 1 aliphatic rings. The van der Waals surface area contributed by atoms with E-state index in [1.54, 1.807) is 4.90 Å². The third kappa shape index (κ3) is 3.34. The van der Waals surface area contributed by atoms with E-state index >= 15 is 0 Å². The molecular formula is C12H17F3N4. The summed E-state index contributed by atoms with van der Waals surface area (Å²) in [6.07, 6.45) is -3.25. The summed E-state index contributed by atoms with van der Waals surface area (Å²) >= 11 is 0. The molecule has 0 saturated carbocycles. The molecule has 1 aromatic heterocycles. The van der Waals surface area contributed by atoms with Crippen LogP contribution >= 0.6 is 0 Å². The summed E-state index contributed by atoms with van der Waals surface area (Å²) in [5, 5.41) is 0. The van der Waals surface area contributed by atoms with Gasteiger partial charge in [0, 0.05) is 38.4 Å². The van der Waals surface area contributed by atoms with Crippen molar-refractivity contribution in [3.05, 3.63) is 18.0 Å². The fourth-order valence-corrected chi connectivity index (χ4v) is 2.10. The number of anilines is 1. The Bertz CT molecular complexity index is 425. The topological polar surface area (TPSA) is 32.3 Å². The molecule has 4 nitrogen and oxygen atoms in total. The van der Waals surface area contributed by atoms with Crippen LogP contribution in [0.5, 0.6) is 0 Å². The molecule has 0 N–H and O–H groups in total. The second-order valence-electron chi connectivity index (χ2n) is 4.86. The smallest absolute Gasteiger partial charge is 0.338 e. The van der Waals surface area contributed by atoms with Crippen molar-refractivity contribution >= 4 is 5.95 Å². The molecule has 0 amide bonds. The van der Waals surface area contributed by atoms with Gasteiger partial charge in [-0.3, -0.25) is 4.90 Å². The standard InChI is InChI=1S/C12H17F3N4/c1-9(2)18-5-7-19(8-6-18)11-16-4-3-10(17-11)12(13,14)15/h3-4,9H,5-8H2,1-2H3. The second-order valence-corrected chi connectivity index (χ2v) is 4.86. The molecular weight excluding hydrogens is 257 g/mol. The predicted octanol–water partition coefficient (Wildman–Crippen LogP) is 2.03. The average Bonchev–Trinajstić information content (AvgIpc) is 2.38. The van der Waals surface area contributed by atoms with Gasteiger partial charge in [-0.2, -0.15) is 13.2 Å². The maximum Gasteiger partial charge on any atom is 0.433 e. The normalized spacial score (nSPS) is 18.1. The van der Waals surface area contributed by atoms with Crippen molar-refractivity contribution in [3.8, 4) is 0 Å². The molecule has 106 valence electrons. The second kappa shape index (κ2) is 5.32. The van der Waals surface area contributed by atoms with Crippen molar-refractivity contribution in [1.29, 1.82) is 0 Å². The van der Waals surface area contributed by atoms with Crippen molar-refractivity contribution in [2.24, 2.45) is 0 Å². The number of hydrogen-bond donors (Lipinski definition) is 0. The van der Waals surface area contributed by atoms with Crippen molar-refractivity contribution in [1.82, 2.24) is 14.9 Å². The number of halogens is 3. The minimum absolute atomic E-state index is 0.165. The van der Waals surface area contributed by atoms with E-state index < -0.39 is 11.9 Å². The number of piperazine rings is 1. The average molecular weight is 274 g/mol. The maximum absolute atomic E-state index is 12.6. The molecule has 2 rings (SSSR count). The van der Waals surface area contributed by atoms with Crippen LogP contribution in [0.3, 0.4) is 0 Å². The number of nitrogens with zero attached hydrogens (tertiary/aromatic N) is 4. The molecule has 1 fully saturated rings. The molecule has 1 aromatic rings. The highest BCUT2D eigenvalue weighted by Crippen LogP contribution is 2.28. The van der Waals surface area contributed by atoms with Crippen LogP contribution in [0, 0.1) is 0 Å². The van der Waals surface area contributed by atoms with E-state index in [9.17, 15) is 13.2 Å². The molecule has 7 heteroatoms. The van der Waals surface area contributed by atoms with Gasteiger partial charge >= 0.3 is 6.18 Å². The van der Waals surface area contributed by atoms with E-state index in [1.165, 1.54) is 6.20 Å². The van der Waals surface area contributed by atoms with Gasteiger partial charge < -0.3 is 4.90 Å². The first-order valence-electron chi connectivity index (χ1n) is 6.27. The Balaban J connectivity index is 2.08. The molecule has 0 unspecified atom stereocenters. The highest BCUT2D eigenvalue weighted by molar-refractivity contribution is 5.31. The van der Waals surface area contributed by atoms with E-state index in [0.717, 1.165) is 19.2 Å². The number of aromatic nitrogens is 2. The van der Waals surface area contributed by atoms with Crippen LogP contribution in [0.25, 0.3) is 0 Å². The molecule has 0 bridgehead atoms. The molecule has 1 saturated heterocycles. The zero-order valence-electron chi connectivity index (χ0n) is 11.0. The molecule has 19 heavy (non-hydrogen) atoms. The van der Waals surface area contributed by atoms with Crippen LogP contribution < -0.4 is 4.90 Å². The van der Waals surface area contributed by atoms with Crippen LogP contribution in [0.15, 0.2) is 12.3 Å². The van der Waals surface area contributed by atoms with E-state index in [4.69, 9.17) is 0 Å². The summed E-state index contributed by atoms with van der Waals surface area (Å²) in [5.74, 6) is 0.165. The van der Waals surface area contributed by atoms with E-state index in [-0.39, 0.29) is 5.95 Å². The van der Waals surface area contributed by atoms with Crippen molar-refractivity contribution < 1.29 is 13.2 Å². The summed E-state index contributed by atoms with van der Waals surface area (Å²) in [7, 11) is 0. The molecule has 1 aliphatic heterocycles. The van der Waals surface area contributed by atoms with E-state index in [0.29, 0.717) is 19.1 Å². The first-order valence-corrected chi connectivity index (χ1v) is 6.27. The summed E-state index contributed by atoms with van der Waals surface area (Å²) in [4.78, 5) is 11.6. The zero-order chi connectivity index (χ0) is 14.0. The quantitative estimate of drug-likeness (QED) is 0.826. The summed E-state index contributed by atoms with van der Waals surface area (Å²) in [5.41, 5.74) is -0.885. The first-order chi connectivity index (χ1) is 8.88. The monoisotopic (exact) mass is 274 g/mol. The fourth-order valence-electron chi connectivity index (χ4n) is 2.10. The van der Waals surface area contributed by atoms with Gasteiger partial charge in [0.1, 0.15) is 5.69 Å². The Morgan fingerprint density at radius 2 is 1.79 bits per heavy atom. The Hall–Kier alpha value is -1.37. The zero-order valence-corrected chi connectivity index (χ0v) is 11.0. The predicted molar refractivity (Wildman–Crippen MR) is 66.0 cm³/mol. The third-order valence-corrected chi connectivity index (χ3v) is 3.26. The molecule has 0 aromatic carbocycles. The van der Waals surface area contributed by atoms with E-state index in [2.05, 4.69) is 28.7 Å². The van der Waals surface area contributed by atoms with Gasteiger partial charge in [0.2, 0.25) is 5.95 Å². The SMILES string of the molecule is CC(C)N1CCN(c2nccc(C(F)(F)F)n2)CC1.